The summed E-state index contributed by atoms with van der Waals surface area (Å²) in [5.74, 6) is 1.04. The van der Waals surface area contributed by atoms with Gasteiger partial charge >= 0.3 is 0 Å². The normalized spacial score (nSPS) is 16.2. The molecule has 1 amide bonds. The molecule has 0 bridgehead atoms. The summed E-state index contributed by atoms with van der Waals surface area (Å²) < 4.78 is 0. The third kappa shape index (κ3) is 5.46. The van der Waals surface area contributed by atoms with Crippen LogP contribution in [-0.2, 0) is 4.79 Å². The van der Waals surface area contributed by atoms with E-state index in [4.69, 9.17) is 0 Å². The van der Waals surface area contributed by atoms with E-state index in [1.165, 1.54) is 0 Å². The molecular weight excluding hydrogens is 304 g/mol. The lowest BCUT2D eigenvalue weighted by Crippen LogP contribution is -2.48. The molecule has 0 spiro atoms. The molecule has 0 radical (unpaired) electrons. The lowest BCUT2D eigenvalue weighted by Gasteiger charge is -2.35. The average molecular weight is 334 g/mol. The maximum Gasteiger partial charge on any atom is 0.221 e. The molecule has 2 N–H and O–H groups in total. The first kappa shape index (κ1) is 18.7. The summed E-state index contributed by atoms with van der Waals surface area (Å²) >= 11 is 0. The number of rotatable bonds is 8. The Balaban J connectivity index is 1.66. The molecule has 1 aliphatic rings. The number of aromatic nitrogens is 1. The van der Waals surface area contributed by atoms with Crippen molar-refractivity contribution in [3.63, 3.8) is 0 Å². The number of hydrogen-bond donors (Lipinski definition) is 2. The van der Waals surface area contributed by atoms with Crippen molar-refractivity contribution in [3.05, 3.63) is 24.4 Å². The minimum atomic E-state index is -0.774. The van der Waals surface area contributed by atoms with Crippen molar-refractivity contribution in [3.8, 4) is 0 Å². The predicted octanol–water partition coefficient (Wildman–Crippen LogP) is 1.26. The van der Waals surface area contributed by atoms with E-state index in [0.29, 0.717) is 25.8 Å². The van der Waals surface area contributed by atoms with Gasteiger partial charge in [0, 0.05) is 51.9 Å². The van der Waals surface area contributed by atoms with Crippen LogP contribution in [0.2, 0.25) is 0 Å². The van der Waals surface area contributed by atoms with Gasteiger partial charge in [-0.15, -0.1) is 0 Å². The van der Waals surface area contributed by atoms with Gasteiger partial charge in [-0.25, -0.2) is 4.98 Å². The molecule has 1 aliphatic heterocycles. The molecular formula is C18H30N4O2. The minimum absolute atomic E-state index is 0.0162. The van der Waals surface area contributed by atoms with E-state index < -0.39 is 5.60 Å². The van der Waals surface area contributed by atoms with Crippen LogP contribution in [-0.4, -0.2) is 65.8 Å². The van der Waals surface area contributed by atoms with Gasteiger partial charge in [-0.05, 0) is 25.0 Å². The maximum atomic E-state index is 12.0. The topological polar surface area (TPSA) is 68.7 Å². The largest absolute Gasteiger partial charge is 0.388 e. The van der Waals surface area contributed by atoms with Crippen LogP contribution in [0.15, 0.2) is 24.4 Å². The highest BCUT2D eigenvalue weighted by molar-refractivity contribution is 5.76. The van der Waals surface area contributed by atoms with Crippen LogP contribution >= 0.6 is 0 Å². The van der Waals surface area contributed by atoms with Crippen molar-refractivity contribution < 1.29 is 9.90 Å². The first-order valence-electron chi connectivity index (χ1n) is 8.93. The second kappa shape index (κ2) is 8.99. The lowest BCUT2D eigenvalue weighted by atomic mass is 9.97. The lowest BCUT2D eigenvalue weighted by molar-refractivity contribution is -0.122. The van der Waals surface area contributed by atoms with Gasteiger partial charge in [0.2, 0.25) is 5.91 Å². The molecule has 24 heavy (non-hydrogen) atoms. The molecule has 1 aromatic rings. The van der Waals surface area contributed by atoms with Gasteiger partial charge in [0.1, 0.15) is 5.82 Å². The van der Waals surface area contributed by atoms with Gasteiger partial charge in [-0.2, -0.15) is 0 Å². The average Bonchev–Trinajstić information content (AvgIpc) is 2.65. The second-order valence-electron chi connectivity index (χ2n) is 6.47. The minimum Gasteiger partial charge on any atom is -0.388 e. The standard InChI is InChI=1S/C18H30N4O2/c1-3-18(24,4-2)15-20-17(23)8-10-21-11-13-22(14-12-21)16-7-5-6-9-19-16/h5-7,9,24H,3-4,8,10-15H2,1-2H3,(H,20,23). The van der Waals surface area contributed by atoms with E-state index in [-0.39, 0.29) is 5.91 Å². The van der Waals surface area contributed by atoms with Crippen LogP contribution in [0.25, 0.3) is 0 Å². The van der Waals surface area contributed by atoms with Gasteiger partial charge in [0.15, 0.2) is 0 Å². The Hall–Kier alpha value is -1.66. The van der Waals surface area contributed by atoms with E-state index in [0.717, 1.165) is 38.5 Å². The van der Waals surface area contributed by atoms with Gasteiger partial charge < -0.3 is 15.3 Å². The molecule has 0 aliphatic carbocycles. The summed E-state index contributed by atoms with van der Waals surface area (Å²) in [6, 6.07) is 5.97. The Bertz CT molecular complexity index is 497. The zero-order valence-electron chi connectivity index (χ0n) is 14.9. The summed E-state index contributed by atoms with van der Waals surface area (Å²) in [5, 5.41) is 13.1. The van der Waals surface area contributed by atoms with E-state index in [1.54, 1.807) is 0 Å². The molecule has 1 fully saturated rings. The Morgan fingerprint density at radius 2 is 1.96 bits per heavy atom. The fourth-order valence-corrected chi connectivity index (χ4v) is 2.85. The van der Waals surface area contributed by atoms with Crippen molar-refractivity contribution >= 4 is 11.7 Å². The fourth-order valence-electron chi connectivity index (χ4n) is 2.85. The van der Waals surface area contributed by atoms with Gasteiger partial charge in [-0.1, -0.05) is 19.9 Å². The van der Waals surface area contributed by atoms with Crippen molar-refractivity contribution in [2.75, 3.05) is 44.2 Å². The van der Waals surface area contributed by atoms with Crippen LogP contribution < -0.4 is 10.2 Å². The number of amides is 1. The zero-order chi connectivity index (χ0) is 17.4. The van der Waals surface area contributed by atoms with Crippen molar-refractivity contribution in [1.29, 1.82) is 0 Å². The van der Waals surface area contributed by atoms with Gasteiger partial charge in [0.05, 0.1) is 5.60 Å². The van der Waals surface area contributed by atoms with Gasteiger partial charge in [0.25, 0.3) is 0 Å². The molecule has 0 saturated carbocycles. The molecule has 0 atom stereocenters. The highest BCUT2D eigenvalue weighted by Gasteiger charge is 2.23. The van der Waals surface area contributed by atoms with Crippen molar-refractivity contribution in [1.82, 2.24) is 15.2 Å². The van der Waals surface area contributed by atoms with Crippen LogP contribution in [0, 0.1) is 0 Å². The molecule has 134 valence electrons. The number of hydrogen-bond acceptors (Lipinski definition) is 5. The quantitative estimate of drug-likeness (QED) is 0.749. The molecule has 2 rings (SSSR count). The molecule has 0 unspecified atom stereocenters. The first-order chi connectivity index (χ1) is 11.6. The van der Waals surface area contributed by atoms with Crippen LogP contribution in [0.4, 0.5) is 5.82 Å². The van der Waals surface area contributed by atoms with E-state index in [1.807, 2.05) is 38.2 Å². The molecule has 1 saturated heterocycles. The summed E-state index contributed by atoms with van der Waals surface area (Å²) in [6.45, 7) is 8.74. The first-order valence-corrected chi connectivity index (χ1v) is 8.93. The number of nitrogens with one attached hydrogen (secondary N) is 1. The van der Waals surface area contributed by atoms with Crippen molar-refractivity contribution in [2.24, 2.45) is 0 Å². The monoisotopic (exact) mass is 334 g/mol. The predicted molar refractivity (Wildman–Crippen MR) is 96.0 cm³/mol. The molecule has 1 aromatic heterocycles. The third-order valence-corrected chi connectivity index (χ3v) is 4.93. The van der Waals surface area contributed by atoms with Gasteiger partial charge in [-0.3, -0.25) is 9.69 Å². The number of carbonyl (C=O) groups is 1. The molecule has 6 nitrogen and oxygen atoms in total. The Labute approximate surface area is 144 Å². The Morgan fingerprint density at radius 1 is 1.25 bits per heavy atom. The van der Waals surface area contributed by atoms with Crippen LogP contribution in [0.3, 0.4) is 0 Å². The molecule has 0 aromatic carbocycles. The summed E-state index contributed by atoms with van der Waals surface area (Å²) in [4.78, 5) is 21.0. The number of anilines is 1. The number of piperazine rings is 1. The number of nitrogens with zero attached hydrogens (tertiary/aromatic N) is 3. The summed E-state index contributed by atoms with van der Waals surface area (Å²) in [6.07, 6.45) is 3.60. The number of carbonyl (C=O) groups excluding carboxylic acids is 1. The molecule has 6 heteroatoms. The van der Waals surface area contributed by atoms with E-state index in [2.05, 4.69) is 20.1 Å². The third-order valence-electron chi connectivity index (χ3n) is 4.93. The second-order valence-corrected chi connectivity index (χ2v) is 6.47. The Morgan fingerprint density at radius 3 is 2.54 bits per heavy atom. The Kier molecular flexibility index (Phi) is 6.99. The highest BCUT2D eigenvalue weighted by Crippen LogP contribution is 2.14. The van der Waals surface area contributed by atoms with E-state index in [9.17, 15) is 9.90 Å². The van der Waals surface area contributed by atoms with E-state index >= 15 is 0 Å². The fraction of sp³-hybridized carbons (Fsp3) is 0.667. The van der Waals surface area contributed by atoms with Crippen molar-refractivity contribution in [2.45, 2.75) is 38.7 Å². The highest BCUT2D eigenvalue weighted by atomic mass is 16.3. The zero-order valence-corrected chi connectivity index (χ0v) is 14.9. The smallest absolute Gasteiger partial charge is 0.221 e. The molecule has 2 heterocycles. The SMILES string of the molecule is CCC(O)(CC)CNC(=O)CCN1CCN(c2ccccn2)CC1. The maximum absolute atomic E-state index is 12.0. The van der Waals surface area contributed by atoms with Crippen LogP contribution in [0.1, 0.15) is 33.1 Å². The summed E-state index contributed by atoms with van der Waals surface area (Å²) in [7, 11) is 0. The number of pyridine rings is 1. The summed E-state index contributed by atoms with van der Waals surface area (Å²) in [5.41, 5.74) is -0.774. The number of aliphatic hydroxyl groups is 1. The van der Waals surface area contributed by atoms with Crippen LogP contribution in [0.5, 0.6) is 0 Å².